The maximum atomic E-state index is 8.67. The summed E-state index contributed by atoms with van der Waals surface area (Å²) in [4.78, 5) is 0. The monoisotopic (exact) mass is 165 g/mol. The molecule has 1 rings (SSSR count). The third-order valence-corrected chi connectivity index (χ3v) is 1.49. The molecule has 0 aromatic carbocycles. The molecule has 4 nitrogen and oxygen atoms in total. The van der Waals surface area contributed by atoms with Crippen LogP contribution < -0.4 is 4.74 Å². The minimum Gasteiger partial charge on any atom is -0.477 e. The van der Waals surface area contributed by atoms with E-state index in [0.717, 1.165) is 6.54 Å². The van der Waals surface area contributed by atoms with E-state index in [0.29, 0.717) is 18.1 Å². The van der Waals surface area contributed by atoms with E-state index in [9.17, 15) is 0 Å². The molecule has 0 aliphatic heterocycles. The van der Waals surface area contributed by atoms with E-state index in [1.807, 2.05) is 19.9 Å². The molecule has 1 heterocycles. The second kappa shape index (κ2) is 3.77. The summed E-state index contributed by atoms with van der Waals surface area (Å²) in [5.41, 5.74) is 0.499. The lowest BCUT2D eigenvalue weighted by Crippen LogP contribution is -2.03. The van der Waals surface area contributed by atoms with Crippen LogP contribution in [0.15, 0.2) is 6.20 Å². The summed E-state index contributed by atoms with van der Waals surface area (Å²) in [5, 5.41) is 12.7. The standard InChI is InChI=1S/C8H11N3O/c1-3-11-8(12-4-2)7(5-9)6-10-11/h6H,3-4H2,1-2H3. The van der Waals surface area contributed by atoms with Crippen LogP contribution in [0.5, 0.6) is 5.88 Å². The van der Waals surface area contributed by atoms with Crippen LogP contribution >= 0.6 is 0 Å². The Balaban J connectivity index is 3.01. The Labute approximate surface area is 71.4 Å². The molecule has 1 aromatic rings. The topological polar surface area (TPSA) is 50.8 Å². The molecule has 0 radical (unpaired) electrons. The van der Waals surface area contributed by atoms with Crippen LogP contribution in [0.25, 0.3) is 0 Å². The second-order valence-corrected chi connectivity index (χ2v) is 2.22. The predicted molar refractivity (Wildman–Crippen MR) is 43.8 cm³/mol. The zero-order valence-corrected chi connectivity index (χ0v) is 7.24. The van der Waals surface area contributed by atoms with Gasteiger partial charge < -0.3 is 4.74 Å². The zero-order chi connectivity index (χ0) is 8.97. The predicted octanol–water partition coefficient (Wildman–Crippen LogP) is 1.17. The van der Waals surface area contributed by atoms with Gasteiger partial charge >= 0.3 is 0 Å². The van der Waals surface area contributed by atoms with Crippen molar-refractivity contribution in [3.63, 3.8) is 0 Å². The van der Waals surface area contributed by atoms with Crippen molar-refractivity contribution in [1.82, 2.24) is 9.78 Å². The molecule has 0 atom stereocenters. The van der Waals surface area contributed by atoms with E-state index in [1.165, 1.54) is 6.20 Å². The smallest absolute Gasteiger partial charge is 0.230 e. The lowest BCUT2D eigenvalue weighted by Gasteiger charge is -2.04. The highest BCUT2D eigenvalue weighted by Crippen LogP contribution is 2.16. The number of nitriles is 1. The fraction of sp³-hybridized carbons (Fsp3) is 0.500. The second-order valence-electron chi connectivity index (χ2n) is 2.22. The highest BCUT2D eigenvalue weighted by molar-refractivity contribution is 5.36. The molecule has 0 unspecified atom stereocenters. The largest absolute Gasteiger partial charge is 0.477 e. The van der Waals surface area contributed by atoms with Crippen LogP contribution in [0.2, 0.25) is 0 Å². The Morgan fingerprint density at radius 1 is 1.67 bits per heavy atom. The Kier molecular flexibility index (Phi) is 2.70. The Hall–Kier alpha value is -1.50. The number of hydrogen-bond acceptors (Lipinski definition) is 3. The average Bonchev–Trinajstić information content (AvgIpc) is 2.48. The van der Waals surface area contributed by atoms with Crippen LogP contribution in [0, 0.1) is 11.3 Å². The summed E-state index contributed by atoms with van der Waals surface area (Å²) in [5.74, 6) is 0.572. The molecule has 0 fully saturated rings. The molecule has 0 aliphatic carbocycles. The quantitative estimate of drug-likeness (QED) is 0.675. The van der Waals surface area contributed by atoms with Crippen LogP contribution in [-0.4, -0.2) is 16.4 Å². The molecule has 0 aliphatic rings. The molecule has 1 aromatic heterocycles. The summed E-state index contributed by atoms with van der Waals surface area (Å²) in [6.07, 6.45) is 1.52. The lowest BCUT2D eigenvalue weighted by atomic mass is 10.4. The number of ether oxygens (including phenoxy) is 1. The van der Waals surface area contributed by atoms with Gasteiger partial charge in [0.2, 0.25) is 5.88 Å². The first-order chi connectivity index (χ1) is 5.83. The molecule has 0 saturated heterocycles. The van der Waals surface area contributed by atoms with Crippen molar-refractivity contribution in [1.29, 1.82) is 5.26 Å². The van der Waals surface area contributed by atoms with Crippen molar-refractivity contribution >= 4 is 0 Å². The molecular formula is C8H11N3O. The van der Waals surface area contributed by atoms with Crippen LogP contribution in [0.4, 0.5) is 0 Å². The average molecular weight is 165 g/mol. The molecule has 0 spiro atoms. The highest BCUT2D eigenvalue weighted by Gasteiger charge is 2.09. The summed E-state index contributed by atoms with van der Waals surface area (Å²) in [7, 11) is 0. The number of hydrogen-bond donors (Lipinski definition) is 0. The van der Waals surface area contributed by atoms with Crippen LogP contribution in [0.1, 0.15) is 19.4 Å². The van der Waals surface area contributed by atoms with Gasteiger partial charge in [0.1, 0.15) is 11.6 Å². The van der Waals surface area contributed by atoms with E-state index < -0.39 is 0 Å². The summed E-state index contributed by atoms with van der Waals surface area (Å²) in [6, 6.07) is 2.03. The van der Waals surface area contributed by atoms with E-state index in [2.05, 4.69) is 5.10 Å². The van der Waals surface area contributed by atoms with Gasteiger partial charge in [-0.2, -0.15) is 10.4 Å². The maximum Gasteiger partial charge on any atom is 0.230 e. The fourth-order valence-corrected chi connectivity index (χ4v) is 0.965. The number of rotatable bonds is 3. The summed E-state index contributed by atoms with van der Waals surface area (Å²) in [6.45, 7) is 5.11. The summed E-state index contributed by atoms with van der Waals surface area (Å²) >= 11 is 0. The summed E-state index contributed by atoms with van der Waals surface area (Å²) < 4.78 is 6.94. The minimum atomic E-state index is 0.499. The number of nitrogens with zero attached hydrogens (tertiary/aromatic N) is 3. The minimum absolute atomic E-state index is 0.499. The zero-order valence-electron chi connectivity index (χ0n) is 7.24. The van der Waals surface area contributed by atoms with Crippen molar-refractivity contribution in [2.24, 2.45) is 0 Å². The van der Waals surface area contributed by atoms with Crippen LogP contribution in [0.3, 0.4) is 0 Å². The fourth-order valence-electron chi connectivity index (χ4n) is 0.965. The number of aromatic nitrogens is 2. The SMILES string of the molecule is CCOc1c(C#N)cnn1CC. The van der Waals surface area contributed by atoms with Crippen molar-refractivity contribution < 1.29 is 4.74 Å². The van der Waals surface area contributed by atoms with Gasteiger partial charge in [0, 0.05) is 6.54 Å². The normalized spacial score (nSPS) is 9.42. The van der Waals surface area contributed by atoms with Gasteiger partial charge in [-0.1, -0.05) is 0 Å². The molecular weight excluding hydrogens is 154 g/mol. The van der Waals surface area contributed by atoms with E-state index in [4.69, 9.17) is 10.00 Å². The van der Waals surface area contributed by atoms with E-state index in [1.54, 1.807) is 4.68 Å². The lowest BCUT2D eigenvalue weighted by molar-refractivity contribution is 0.302. The van der Waals surface area contributed by atoms with Gasteiger partial charge in [0.15, 0.2) is 0 Å². The Bertz CT molecular complexity index is 298. The molecule has 4 heteroatoms. The van der Waals surface area contributed by atoms with Crippen molar-refractivity contribution in [3.05, 3.63) is 11.8 Å². The molecule has 64 valence electrons. The van der Waals surface area contributed by atoms with Gasteiger partial charge in [-0.3, -0.25) is 0 Å². The molecule has 0 bridgehead atoms. The highest BCUT2D eigenvalue weighted by atomic mass is 16.5. The Morgan fingerprint density at radius 3 is 2.92 bits per heavy atom. The van der Waals surface area contributed by atoms with Crippen molar-refractivity contribution in [2.75, 3.05) is 6.61 Å². The van der Waals surface area contributed by atoms with Crippen molar-refractivity contribution in [3.8, 4) is 11.9 Å². The van der Waals surface area contributed by atoms with Gasteiger partial charge in [0.25, 0.3) is 0 Å². The van der Waals surface area contributed by atoms with Gasteiger partial charge in [-0.15, -0.1) is 0 Å². The van der Waals surface area contributed by atoms with E-state index in [-0.39, 0.29) is 0 Å². The third kappa shape index (κ3) is 1.40. The van der Waals surface area contributed by atoms with E-state index >= 15 is 0 Å². The molecule has 12 heavy (non-hydrogen) atoms. The third-order valence-electron chi connectivity index (χ3n) is 1.49. The Morgan fingerprint density at radius 2 is 2.42 bits per heavy atom. The molecule has 0 amide bonds. The first kappa shape index (κ1) is 8.60. The molecule has 0 saturated carbocycles. The maximum absolute atomic E-state index is 8.67. The van der Waals surface area contributed by atoms with Crippen molar-refractivity contribution in [2.45, 2.75) is 20.4 Å². The van der Waals surface area contributed by atoms with Gasteiger partial charge in [0.05, 0.1) is 12.8 Å². The first-order valence-corrected chi connectivity index (χ1v) is 3.92. The van der Waals surface area contributed by atoms with Gasteiger partial charge in [-0.25, -0.2) is 4.68 Å². The number of aryl methyl sites for hydroxylation is 1. The first-order valence-electron chi connectivity index (χ1n) is 3.92. The van der Waals surface area contributed by atoms with Crippen LogP contribution in [-0.2, 0) is 6.54 Å². The molecule has 0 N–H and O–H groups in total. The van der Waals surface area contributed by atoms with Gasteiger partial charge in [-0.05, 0) is 13.8 Å².